The molecule has 114 valence electrons. The lowest BCUT2D eigenvalue weighted by atomic mass is 10.1. The molecule has 0 amide bonds. The maximum absolute atomic E-state index is 12.0. The van der Waals surface area contributed by atoms with Gasteiger partial charge in [0.2, 0.25) is 0 Å². The Labute approximate surface area is 121 Å². The van der Waals surface area contributed by atoms with Crippen molar-refractivity contribution in [3.05, 3.63) is 23.8 Å². The Morgan fingerprint density at radius 3 is 2.45 bits per heavy atom. The first-order valence-electron chi connectivity index (χ1n) is 6.57. The van der Waals surface area contributed by atoms with Crippen LogP contribution in [0.3, 0.4) is 0 Å². The Hall–Kier alpha value is -1.27. The van der Waals surface area contributed by atoms with Crippen LogP contribution in [0.25, 0.3) is 0 Å². The smallest absolute Gasteiger partial charge is 0.152 e. The summed E-state index contributed by atoms with van der Waals surface area (Å²) < 4.78 is 34.5. The van der Waals surface area contributed by atoms with Gasteiger partial charge in [0.05, 0.1) is 20.0 Å². The lowest BCUT2D eigenvalue weighted by molar-refractivity contribution is 0.393. The van der Waals surface area contributed by atoms with Crippen molar-refractivity contribution in [3.63, 3.8) is 0 Å². The van der Waals surface area contributed by atoms with Crippen molar-refractivity contribution < 1.29 is 17.9 Å². The molecule has 20 heavy (non-hydrogen) atoms. The molecule has 5 nitrogen and oxygen atoms in total. The molecule has 6 heteroatoms. The van der Waals surface area contributed by atoms with E-state index < -0.39 is 9.84 Å². The second-order valence-corrected chi connectivity index (χ2v) is 6.79. The number of nitrogens with one attached hydrogen (secondary N) is 1. The summed E-state index contributed by atoms with van der Waals surface area (Å²) in [5.74, 6) is 1.56. The molecule has 0 heterocycles. The molecule has 0 fully saturated rings. The first-order chi connectivity index (χ1) is 9.47. The normalized spacial score (nSPS) is 13.0. The van der Waals surface area contributed by atoms with Crippen molar-refractivity contribution in [3.8, 4) is 11.5 Å². The standard InChI is InChI=1S/C14H23NO4S/c1-5-8-20(16,17)10-13(15-2)12-9-11(18-3)6-7-14(12)19-4/h6-7,9,13,15H,5,8,10H2,1-4H3. The van der Waals surface area contributed by atoms with E-state index in [2.05, 4.69) is 5.32 Å². The zero-order valence-corrected chi connectivity index (χ0v) is 13.3. The minimum Gasteiger partial charge on any atom is -0.497 e. The van der Waals surface area contributed by atoms with E-state index in [0.29, 0.717) is 17.9 Å². The summed E-state index contributed by atoms with van der Waals surface area (Å²) in [5.41, 5.74) is 0.786. The summed E-state index contributed by atoms with van der Waals surface area (Å²) in [4.78, 5) is 0. The summed E-state index contributed by atoms with van der Waals surface area (Å²) in [6.07, 6.45) is 0.619. The molecule has 0 radical (unpaired) electrons. The summed E-state index contributed by atoms with van der Waals surface area (Å²) in [7, 11) is 1.79. The van der Waals surface area contributed by atoms with Crippen LogP contribution in [0.1, 0.15) is 24.9 Å². The van der Waals surface area contributed by atoms with Crippen molar-refractivity contribution in [1.82, 2.24) is 5.32 Å². The van der Waals surface area contributed by atoms with Crippen LogP contribution >= 0.6 is 0 Å². The zero-order valence-electron chi connectivity index (χ0n) is 12.5. The van der Waals surface area contributed by atoms with E-state index in [0.717, 1.165) is 5.56 Å². The quantitative estimate of drug-likeness (QED) is 0.793. The SMILES string of the molecule is CCCS(=O)(=O)CC(NC)c1cc(OC)ccc1OC. The highest BCUT2D eigenvalue weighted by atomic mass is 32.2. The Kier molecular flexibility index (Phi) is 6.29. The molecule has 0 aliphatic heterocycles. The van der Waals surface area contributed by atoms with E-state index in [1.807, 2.05) is 13.0 Å². The molecule has 0 saturated carbocycles. The van der Waals surface area contributed by atoms with Crippen molar-refractivity contribution in [1.29, 1.82) is 0 Å². The molecular formula is C14H23NO4S. The minimum atomic E-state index is -3.09. The van der Waals surface area contributed by atoms with Crippen LogP contribution in [0, 0.1) is 0 Å². The highest BCUT2D eigenvalue weighted by Gasteiger charge is 2.22. The van der Waals surface area contributed by atoms with E-state index in [4.69, 9.17) is 9.47 Å². The Balaban J connectivity index is 3.11. The number of sulfone groups is 1. The van der Waals surface area contributed by atoms with Crippen molar-refractivity contribution in [2.75, 3.05) is 32.8 Å². The predicted molar refractivity (Wildman–Crippen MR) is 80.3 cm³/mol. The molecule has 0 saturated heterocycles. The molecule has 0 spiro atoms. The average Bonchev–Trinajstić information content (AvgIpc) is 2.44. The van der Waals surface area contributed by atoms with Gasteiger partial charge in [0.15, 0.2) is 9.84 Å². The van der Waals surface area contributed by atoms with Gasteiger partial charge in [-0.25, -0.2) is 8.42 Å². The lowest BCUT2D eigenvalue weighted by Gasteiger charge is -2.20. The van der Waals surface area contributed by atoms with E-state index in [1.54, 1.807) is 33.4 Å². The highest BCUT2D eigenvalue weighted by molar-refractivity contribution is 7.91. The second kappa shape index (κ2) is 7.50. The third-order valence-corrected chi connectivity index (χ3v) is 4.97. The van der Waals surface area contributed by atoms with Crippen molar-refractivity contribution >= 4 is 9.84 Å². The number of hydrogen-bond acceptors (Lipinski definition) is 5. The minimum absolute atomic E-state index is 0.0425. The number of methoxy groups -OCH3 is 2. The van der Waals surface area contributed by atoms with Crippen LogP contribution in [0.2, 0.25) is 0 Å². The molecule has 0 aromatic heterocycles. The maximum Gasteiger partial charge on any atom is 0.152 e. The Morgan fingerprint density at radius 2 is 1.95 bits per heavy atom. The topological polar surface area (TPSA) is 64.6 Å². The molecular weight excluding hydrogens is 278 g/mol. The summed E-state index contributed by atoms with van der Waals surface area (Å²) in [6, 6.07) is 5.05. The summed E-state index contributed by atoms with van der Waals surface area (Å²) in [5, 5.41) is 3.04. The molecule has 1 aromatic carbocycles. The van der Waals surface area contributed by atoms with Crippen LogP contribution in [0.4, 0.5) is 0 Å². The largest absolute Gasteiger partial charge is 0.497 e. The van der Waals surface area contributed by atoms with Gasteiger partial charge in [-0.1, -0.05) is 6.92 Å². The van der Waals surface area contributed by atoms with Crippen molar-refractivity contribution in [2.24, 2.45) is 0 Å². The molecule has 0 aliphatic rings. The number of ether oxygens (including phenoxy) is 2. The van der Waals surface area contributed by atoms with Gasteiger partial charge < -0.3 is 14.8 Å². The van der Waals surface area contributed by atoms with E-state index in [9.17, 15) is 8.42 Å². The van der Waals surface area contributed by atoms with Gasteiger partial charge in [-0.05, 0) is 31.7 Å². The number of rotatable bonds is 8. The molecule has 1 N–H and O–H groups in total. The fourth-order valence-corrected chi connectivity index (χ4v) is 3.73. The predicted octanol–water partition coefficient (Wildman–Crippen LogP) is 1.79. The van der Waals surface area contributed by atoms with Gasteiger partial charge in [0.25, 0.3) is 0 Å². The first-order valence-corrected chi connectivity index (χ1v) is 8.39. The summed E-state index contributed by atoms with van der Waals surface area (Å²) >= 11 is 0. The molecule has 1 unspecified atom stereocenters. The average molecular weight is 301 g/mol. The third-order valence-electron chi connectivity index (χ3n) is 3.10. The molecule has 1 rings (SSSR count). The van der Waals surface area contributed by atoms with E-state index in [1.165, 1.54) is 0 Å². The highest BCUT2D eigenvalue weighted by Crippen LogP contribution is 2.30. The Bertz CT molecular complexity index is 528. The van der Waals surface area contributed by atoms with Gasteiger partial charge >= 0.3 is 0 Å². The van der Waals surface area contributed by atoms with Crippen LogP contribution in [-0.4, -0.2) is 41.2 Å². The van der Waals surface area contributed by atoms with Gasteiger partial charge in [0.1, 0.15) is 11.5 Å². The van der Waals surface area contributed by atoms with Gasteiger partial charge in [-0.2, -0.15) is 0 Å². The van der Waals surface area contributed by atoms with E-state index in [-0.39, 0.29) is 17.5 Å². The van der Waals surface area contributed by atoms with Crippen LogP contribution < -0.4 is 14.8 Å². The van der Waals surface area contributed by atoms with Crippen molar-refractivity contribution in [2.45, 2.75) is 19.4 Å². The fourth-order valence-electron chi connectivity index (χ4n) is 2.09. The third kappa shape index (κ3) is 4.38. The molecule has 1 atom stereocenters. The van der Waals surface area contributed by atoms with Crippen LogP contribution in [0.5, 0.6) is 11.5 Å². The van der Waals surface area contributed by atoms with E-state index >= 15 is 0 Å². The maximum atomic E-state index is 12.0. The second-order valence-electron chi connectivity index (χ2n) is 4.56. The lowest BCUT2D eigenvalue weighted by Crippen LogP contribution is -2.27. The molecule has 1 aromatic rings. The monoisotopic (exact) mass is 301 g/mol. The Morgan fingerprint density at radius 1 is 1.25 bits per heavy atom. The fraction of sp³-hybridized carbons (Fsp3) is 0.571. The van der Waals surface area contributed by atoms with Gasteiger partial charge in [0, 0.05) is 17.4 Å². The summed E-state index contributed by atoms with van der Waals surface area (Å²) in [6.45, 7) is 1.86. The zero-order chi connectivity index (χ0) is 15.2. The first kappa shape index (κ1) is 16.8. The number of hydrogen-bond donors (Lipinski definition) is 1. The molecule has 0 aliphatic carbocycles. The van der Waals surface area contributed by atoms with Gasteiger partial charge in [-0.3, -0.25) is 0 Å². The van der Waals surface area contributed by atoms with Gasteiger partial charge in [-0.15, -0.1) is 0 Å². The van der Waals surface area contributed by atoms with Crippen LogP contribution in [0.15, 0.2) is 18.2 Å². The molecule has 0 bridgehead atoms. The van der Waals surface area contributed by atoms with Crippen LogP contribution in [-0.2, 0) is 9.84 Å². The number of benzene rings is 1.